The Morgan fingerprint density at radius 1 is 1.21 bits per heavy atom. The molecule has 1 heterocycles. The Hall–Kier alpha value is -2.07. The highest BCUT2D eigenvalue weighted by Gasteiger charge is 2.20. The van der Waals surface area contributed by atoms with Crippen molar-refractivity contribution in [3.05, 3.63) is 59.4 Å². The number of benzene rings is 2. The molecule has 0 saturated heterocycles. The van der Waals surface area contributed by atoms with Crippen molar-refractivity contribution < 1.29 is 13.9 Å². The van der Waals surface area contributed by atoms with Crippen molar-refractivity contribution in [2.24, 2.45) is 5.73 Å². The van der Waals surface area contributed by atoms with E-state index in [-0.39, 0.29) is 11.9 Å². The molecule has 4 heteroatoms. The molecule has 1 aliphatic rings. The zero-order valence-electron chi connectivity index (χ0n) is 10.3. The maximum atomic E-state index is 12.8. The van der Waals surface area contributed by atoms with Crippen LogP contribution in [0.25, 0.3) is 0 Å². The molecule has 0 aliphatic carbocycles. The maximum absolute atomic E-state index is 12.8. The third-order valence-electron chi connectivity index (χ3n) is 3.12. The van der Waals surface area contributed by atoms with E-state index in [0.29, 0.717) is 13.2 Å². The van der Waals surface area contributed by atoms with Crippen molar-refractivity contribution in [2.45, 2.75) is 12.6 Å². The fourth-order valence-corrected chi connectivity index (χ4v) is 2.05. The van der Waals surface area contributed by atoms with Crippen LogP contribution in [0.3, 0.4) is 0 Å². The van der Waals surface area contributed by atoms with E-state index in [2.05, 4.69) is 0 Å². The third-order valence-corrected chi connectivity index (χ3v) is 3.12. The van der Waals surface area contributed by atoms with Crippen molar-refractivity contribution in [3.63, 3.8) is 0 Å². The first-order valence-corrected chi connectivity index (χ1v) is 6.12. The quantitative estimate of drug-likeness (QED) is 0.921. The molecule has 0 aromatic heterocycles. The Balaban J connectivity index is 1.69. The fraction of sp³-hybridized carbons (Fsp3) is 0.200. The molecule has 3 nitrogen and oxygen atoms in total. The molecule has 19 heavy (non-hydrogen) atoms. The molecule has 1 atom stereocenters. The lowest BCUT2D eigenvalue weighted by Crippen LogP contribution is -2.10. The minimum atomic E-state index is -0.247. The first-order valence-electron chi connectivity index (χ1n) is 6.12. The summed E-state index contributed by atoms with van der Waals surface area (Å²) in [6.45, 7) is 0.905. The number of rotatable bonds is 3. The highest BCUT2D eigenvalue weighted by molar-refractivity contribution is 5.44. The monoisotopic (exact) mass is 259 g/mol. The van der Waals surface area contributed by atoms with Gasteiger partial charge in [0.15, 0.2) is 0 Å². The van der Waals surface area contributed by atoms with Gasteiger partial charge in [0.2, 0.25) is 0 Å². The minimum absolute atomic E-state index is 0.0545. The molecule has 0 fully saturated rings. The van der Waals surface area contributed by atoms with E-state index in [9.17, 15) is 4.39 Å². The molecule has 2 aromatic carbocycles. The molecule has 0 radical (unpaired) electrons. The maximum Gasteiger partial charge on any atom is 0.127 e. The lowest BCUT2D eigenvalue weighted by molar-refractivity contribution is 0.301. The zero-order valence-corrected chi connectivity index (χ0v) is 10.3. The van der Waals surface area contributed by atoms with Crippen molar-refractivity contribution in [2.75, 3.05) is 6.61 Å². The molecular weight excluding hydrogens is 245 g/mol. The molecule has 98 valence electrons. The number of hydrogen-bond acceptors (Lipinski definition) is 3. The fourth-order valence-electron chi connectivity index (χ4n) is 2.05. The molecule has 1 unspecified atom stereocenters. The summed E-state index contributed by atoms with van der Waals surface area (Å²) < 4.78 is 23.9. The van der Waals surface area contributed by atoms with Gasteiger partial charge in [0, 0.05) is 11.6 Å². The Bertz CT molecular complexity index is 583. The van der Waals surface area contributed by atoms with Gasteiger partial charge in [-0.05, 0) is 29.8 Å². The topological polar surface area (TPSA) is 44.5 Å². The average Bonchev–Trinajstić information content (AvgIpc) is 2.79. The van der Waals surface area contributed by atoms with Crippen molar-refractivity contribution in [1.82, 2.24) is 0 Å². The standard InChI is InChI=1S/C15H14FNO2/c16-11-3-1-10(2-4-11)8-18-12-5-6-13-14(17)9-19-15(13)7-12/h1-7,14H,8-9,17H2. The van der Waals surface area contributed by atoms with E-state index < -0.39 is 0 Å². The Morgan fingerprint density at radius 3 is 2.79 bits per heavy atom. The second-order valence-corrected chi connectivity index (χ2v) is 4.53. The largest absolute Gasteiger partial charge is 0.491 e. The molecule has 0 bridgehead atoms. The van der Waals surface area contributed by atoms with E-state index in [4.69, 9.17) is 15.2 Å². The molecule has 2 N–H and O–H groups in total. The smallest absolute Gasteiger partial charge is 0.127 e. The number of hydrogen-bond donors (Lipinski definition) is 1. The highest BCUT2D eigenvalue weighted by Crippen LogP contribution is 2.34. The van der Waals surface area contributed by atoms with Gasteiger partial charge in [0.1, 0.15) is 30.5 Å². The normalized spacial score (nSPS) is 16.8. The predicted molar refractivity (Wildman–Crippen MR) is 69.6 cm³/mol. The van der Waals surface area contributed by atoms with Crippen LogP contribution in [-0.4, -0.2) is 6.61 Å². The van der Waals surface area contributed by atoms with Crippen LogP contribution in [0, 0.1) is 5.82 Å². The van der Waals surface area contributed by atoms with Gasteiger partial charge in [-0.3, -0.25) is 0 Å². The van der Waals surface area contributed by atoms with E-state index >= 15 is 0 Å². The summed E-state index contributed by atoms with van der Waals surface area (Å²) >= 11 is 0. The SMILES string of the molecule is NC1COc2cc(OCc3ccc(F)cc3)ccc21. The lowest BCUT2D eigenvalue weighted by Gasteiger charge is -2.08. The van der Waals surface area contributed by atoms with Crippen LogP contribution < -0.4 is 15.2 Å². The number of fused-ring (bicyclic) bond motifs is 1. The van der Waals surface area contributed by atoms with Crippen molar-refractivity contribution in [1.29, 1.82) is 0 Å². The van der Waals surface area contributed by atoms with Gasteiger partial charge in [-0.15, -0.1) is 0 Å². The minimum Gasteiger partial charge on any atom is -0.491 e. The summed E-state index contributed by atoms with van der Waals surface area (Å²) in [5.41, 5.74) is 7.80. The van der Waals surface area contributed by atoms with Crippen LogP contribution in [0.5, 0.6) is 11.5 Å². The average molecular weight is 259 g/mol. The molecule has 2 aromatic rings. The Morgan fingerprint density at radius 2 is 2.00 bits per heavy atom. The van der Waals surface area contributed by atoms with Gasteiger partial charge in [-0.2, -0.15) is 0 Å². The lowest BCUT2D eigenvalue weighted by atomic mass is 10.1. The number of nitrogens with two attached hydrogens (primary N) is 1. The summed E-state index contributed by atoms with van der Waals surface area (Å²) in [5, 5.41) is 0. The molecule has 0 spiro atoms. The summed E-state index contributed by atoms with van der Waals surface area (Å²) in [6.07, 6.45) is 0. The highest BCUT2D eigenvalue weighted by atomic mass is 19.1. The second kappa shape index (κ2) is 4.90. The van der Waals surface area contributed by atoms with Crippen LogP contribution >= 0.6 is 0 Å². The summed E-state index contributed by atoms with van der Waals surface area (Å²) in [7, 11) is 0. The van der Waals surface area contributed by atoms with Gasteiger partial charge in [0.25, 0.3) is 0 Å². The Kier molecular flexibility index (Phi) is 3.09. The van der Waals surface area contributed by atoms with Crippen LogP contribution in [0.2, 0.25) is 0 Å². The van der Waals surface area contributed by atoms with Gasteiger partial charge in [-0.25, -0.2) is 4.39 Å². The van der Waals surface area contributed by atoms with Gasteiger partial charge in [-0.1, -0.05) is 12.1 Å². The van der Waals surface area contributed by atoms with Crippen molar-refractivity contribution in [3.8, 4) is 11.5 Å². The third kappa shape index (κ3) is 2.53. The van der Waals surface area contributed by atoms with Crippen LogP contribution in [0.15, 0.2) is 42.5 Å². The first kappa shape index (κ1) is 12.0. The number of ether oxygens (including phenoxy) is 2. The summed E-state index contributed by atoms with van der Waals surface area (Å²) in [4.78, 5) is 0. The van der Waals surface area contributed by atoms with E-state index in [1.165, 1.54) is 12.1 Å². The second-order valence-electron chi connectivity index (χ2n) is 4.53. The molecule has 0 saturated carbocycles. The molecule has 1 aliphatic heterocycles. The first-order chi connectivity index (χ1) is 9.22. The van der Waals surface area contributed by atoms with E-state index in [0.717, 1.165) is 22.6 Å². The summed E-state index contributed by atoms with van der Waals surface area (Å²) in [6, 6.07) is 11.8. The zero-order chi connectivity index (χ0) is 13.2. The van der Waals surface area contributed by atoms with Crippen molar-refractivity contribution >= 4 is 0 Å². The number of halogens is 1. The molecule has 3 rings (SSSR count). The molecular formula is C15H14FNO2. The predicted octanol–water partition coefficient (Wildman–Crippen LogP) is 2.80. The van der Waals surface area contributed by atoms with Crippen LogP contribution in [0.1, 0.15) is 17.2 Å². The van der Waals surface area contributed by atoms with Gasteiger partial charge < -0.3 is 15.2 Å². The molecule has 0 amide bonds. The van der Waals surface area contributed by atoms with Crippen LogP contribution in [-0.2, 0) is 6.61 Å². The van der Waals surface area contributed by atoms with E-state index in [1.807, 2.05) is 18.2 Å². The summed E-state index contributed by atoms with van der Waals surface area (Å²) in [5.74, 6) is 1.25. The van der Waals surface area contributed by atoms with E-state index in [1.54, 1.807) is 12.1 Å². The Labute approximate surface area is 110 Å². The van der Waals surface area contributed by atoms with Gasteiger partial charge in [0.05, 0.1) is 6.04 Å². The van der Waals surface area contributed by atoms with Gasteiger partial charge >= 0.3 is 0 Å². The van der Waals surface area contributed by atoms with Crippen LogP contribution in [0.4, 0.5) is 4.39 Å².